The van der Waals surface area contributed by atoms with Crippen LogP contribution in [-0.2, 0) is 11.3 Å². The number of hydrogen-bond donors (Lipinski definition) is 1. The first-order valence-electron chi connectivity index (χ1n) is 11.0. The lowest BCUT2D eigenvalue weighted by Crippen LogP contribution is -2.35. The van der Waals surface area contributed by atoms with E-state index < -0.39 is 0 Å². The predicted octanol–water partition coefficient (Wildman–Crippen LogP) is 4.82. The first-order chi connectivity index (χ1) is 14.6. The maximum Gasteiger partial charge on any atom is 0.221 e. The number of para-hydroxylation sites is 1. The largest absolute Gasteiger partial charge is 0.354 e. The van der Waals surface area contributed by atoms with Gasteiger partial charge in [0.05, 0.1) is 5.52 Å². The zero-order chi connectivity index (χ0) is 20.9. The molecule has 4 rings (SSSR count). The van der Waals surface area contributed by atoms with Crippen LogP contribution in [0.15, 0.2) is 54.6 Å². The summed E-state index contributed by atoms with van der Waals surface area (Å²) in [5.74, 6) is 2.43. The van der Waals surface area contributed by atoms with Crippen LogP contribution in [0.4, 0.5) is 5.82 Å². The summed E-state index contributed by atoms with van der Waals surface area (Å²) in [6, 6.07) is 18.8. The van der Waals surface area contributed by atoms with Crippen LogP contribution in [0, 0.1) is 0 Å². The van der Waals surface area contributed by atoms with E-state index in [-0.39, 0.29) is 11.9 Å². The Balaban J connectivity index is 1.65. The molecular formula is C25H30N4O. The first kappa shape index (κ1) is 20.3. The van der Waals surface area contributed by atoms with Crippen LogP contribution in [0.2, 0.25) is 0 Å². The van der Waals surface area contributed by atoms with Gasteiger partial charge in [-0.1, -0.05) is 49.4 Å². The van der Waals surface area contributed by atoms with Crippen LogP contribution in [-0.4, -0.2) is 28.5 Å². The van der Waals surface area contributed by atoms with Gasteiger partial charge < -0.3 is 10.2 Å². The van der Waals surface area contributed by atoms with Gasteiger partial charge in [-0.15, -0.1) is 0 Å². The maximum atomic E-state index is 12.5. The quantitative estimate of drug-likeness (QED) is 0.558. The Morgan fingerprint density at radius 1 is 1.10 bits per heavy atom. The number of aromatic nitrogens is 2. The van der Waals surface area contributed by atoms with Gasteiger partial charge in [0.15, 0.2) is 0 Å². The van der Waals surface area contributed by atoms with Crippen molar-refractivity contribution in [2.75, 3.05) is 11.4 Å². The Bertz CT molecular complexity index is 1000. The minimum Gasteiger partial charge on any atom is -0.354 e. The molecule has 1 amide bonds. The third kappa shape index (κ3) is 4.96. The lowest BCUT2D eigenvalue weighted by molar-refractivity contribution is -0.121. The summed E-state index contributed by atoms with van der Waals surface area (Å²) in [4.78, 5) is 24.5. The molecule has 2 aromatic carbocycles. The number of hydrogen-bond acceptors (Lipinski definition) is 4. The molecule has 156 valence electrons. The molecule has 5 heteroatoms. The van der Waals surface area contributed by atoms with Crippen molar-refractivity contribution >= 4 is 22.6 Å². The molecule has 1 saturated carbocycles. The normalized spacial score (nSPS) is 14.5. The number of amides is 1. The molecule has 3 aromatic rings. The molecule has 0 radical (unpaired) electrons. The standard InChI is InChI=1S/C25H30N4O/c1-3-18(2)26-23(30)15-16-29(17-19-9-5-4-6-10-19)25-21-11-7-8-12-22(21)27-24(28-25)20-13-14-20/h4-12,18,20H,3,13-17H2,1-2H3,(H,26,30)/t18-/m1/s1. The summed E-state index contributed by atoms with van der Waals surface area (Å²) in [6.45, 7) is 5.45. The van der Waals surface area contributed by atoms with E-state index in [4.69, 9.17) is 9.97 Å². The highest BCUT2D eigenvalue weighted by atomic mass is 16.1. The van der Waals surface area contributed by atoms with E-state index >= 15 is 0 Å². The van der Waals surface area contributed by atoms with Gasteiger partial charge in [-0.05, 0) is 43.9 Å². The molecule has 0 aliphatic heterocycles. The summed E-state index contributed by atoms with van der Waals surface area (Å²) in [5.41, 5.74) is 2.18. The predicted molar refractivity (Wildman–Crippen MR) is 122 cm³/mol. The van der Waals surface area contributed by atoms with Crippen LogP contribution in [0.3, 0.4) is 0 Å². The van der Waals surface area contributed by atoms with Crippen molar-refractivity contribution in [1.29, 1.82) is 0 Å². The van der Waals surface area contributed by atoms with Crippen LogP contribution in [0.5, 0.6) is 0 Å². The van der Waals surface area contributed by atoms with Gasteiger partial charge in [0.1, 0.15) is 11.6 Å². The van der Waals surface area contributed by atoms with Gasteiger partial charge in [0.2, 0.25) is 5.91 Å². The van der Waals surface area contributed by atoms with Crippen LogP contribution >= 0.6 is 0 Å². The van der Waals surface area contributed by atoms with Crippen molar-refractivity contribution in [2.45, 2.75) is 58.0 Å². The van der Waals surface area contributed by atoms with Crippen molar-refractivity contribution < 1.29 is 4.79 Å². The topological polar surface area (TPSA) is 58.1 Å². The fourth-order valence-electron chi connectivity index (χ4n) is 3.59. The summed E-state index contributed by atoms with van der Waals surface area (Å²) in [5, 5.41) is 4.12. The molecule has 30 heavy (non-hydrogen) atoms. The summed E-state index contributed by atoms with van der Waals surface area (Å²) < 4.78 is 0. The Hall–Kier alpha value is -2.95. The number of rotatable bonds is 9. The third-order valence-corrected chi connectivity index (χ3v) is 5.69. The summed E-state index contributed by atoms with van der Waals surface area (Å²) in [6.07, 6.45) is 3.69. The van der Waals surface area contributed by atoms with Crippen molar-refractivity contribution in [3.63, 3.8) is 0 Å². The van der Waals surface area contributed by atoms with Gasteiger partial charge in [-0.2, -0.15) is 0 Å². The minimum atomic E-state index is 0.0863. The highest BCUT2D eigenvalue weighted by Crippen LogP contribution is 2.40. The smallest absolute Gasteiger partial charge is 0.221 e. The Kier molecular flexibility index (Phi) is 6.26. The van der Waals surface area contributed by atoms with Crippen molar-refractivity contribution in [1.82, 2.24) is 15.3 Å². The molecule has 1 heterocycles. The van der Waals surface area contributed by atoms with E-state index in [1.54, 1.807) is 0 Å². The molecule has 1 aliphatic carbocycles. The minimum absolute atomic E-state index is 0.0863. The van der Waals surface area contributed by atoms with E-state index in [9.17, 15) is 4.79 Å². The third-order valence-electron chi connectivity index (χ3n) is 5.69. The van der Waals surface area contributed by atoms with Crippen molar-refractivity contribution in [2.24, 2.45) is 0 Å². The average Bonchev–Trinajstić information content (AvgIpc) is 3.62. The second kappa shape index (κ2) is 9.24. The van der Waals surface area contributed by atoms with Gasteiger partial charge in [-0.25, -0.2) is 9.97 Å². The fraction of sp³-hybridized carbons (Fsp3) is 0.400. The molecular weight excluding hydrogens is 372 g/mol. The van der Waals surface area contributed by atoms with E-state index in [1.165, 1.54) is 5.56 Å². The highest BCUT2D eigenvalue weighted by molar-refractivity contribution is 5.90. The number of benzene rings is 2. The highest BCUT2D eigenvalue weighted by Gasteiger charge is 2.28. The second-order valence-electron chi connectivity index (χ2n) is 8.23. The van der Waals surface area contributed by atoms with Crippen LogP contribution in [0.1, 0.15) is 56.8 Å². The monoisotopic (exact) mass is 402 g/mol. The zero-order valence-corrected chi connectivity index (χ0v) is 17.8. The van der Waals surface area contributed by atoms with E-state index in [2.05, 4.69) is 53.5 Å². The number of carbonyl (C=O) groups excluding carboxylic acids is 1. The number of fused-ring (bicyclic) bond motifs is 1. The van der Waals surface area contributed by atoms with Crippen molar-refractivity contribution in [3.05, 3.63) is 66.0 Å². The van der Waals surface area contributed by atoms with Crippen LogP contribution < -0.4 is 10.2 Å². The SMILES string of the molecule is CC[C@@H](C)NC(=O)CCN(Cc1ccccc1)c1nc(C2CC2)nc2ccccc12. The van der Waals surface area contributed by atoms with Gasteiger partial charge in [0.25, 0.3) is 0 Å². The first-order valence-corrected chi connectivity index (χ1v) is 11.0. The zero-order valence-electron chi connectivity index (χ0n) is 17.8. The molecule has 0 unspecified atom stereocenters. The van der Waals surface area contributed by atoms with Gasteiger partial charge >= 0.3 is 0 Å². The van der Waals surface area contributed by atoms with E-state index in [0.29, 0.717) is 25.4 Å². The molecule has 1 aromatic heterocycles. The maximum absolute atomic E-state index is 12.5. The molecule has 0 spiro atoms. The number of carbonyl (C=O) groups is 1. The number of nitrogens with one attached hydrogen (secondary N) is 1. The Morgan fingerprint density at radius 3 is 2.57 bits per heavy atom. The van der Waals surface area contributed by atoms with Gasteiger partial charge in [-0.3, -0.25) is 4.79 Å². The Morgan fingerprint density at radius 2 is 1.83 bits per heavy atom. The second-order valence-corrected chi connectivity index (χ2v) is 8.23. The molecule has 5 nitrogen and oxygen atoms in total. The van der Waals surface area contributed by atoms with Crippen LogP contribution in [0.25, 0.3) is 10.9 Å². The number of anilines is 1. The molecule has 1 atom stereocenters. The molecule has 1 N–H and O–H groups in total. The number of nitrogens with zero attached hydrogens (tertiary/aromatic N) is 3. The Labute approximate surface area is 178 Å². The lowest BCUT2D eigenvalue weighted by atomic mass is 10.1. The summed E-state index contributed by atoms with van der Waals surface area (Å²) in [7, 11) is 0. The molecule has 1 aliphatic rings. The van der Waals surface area contributed by atoms with E-state index in [0.717, 1.165) is 41.8 Å². The van der Waals surface area contributed by atoms with E-state index in [1.807, 2.05) is 25.1 Å². The molecule has 1 fully saturated rings. The van der Waals surface area contributed by atoms with Gasteiger partial charge in [0, 0.05) is 36.9 Å². The summed E-state index contributed by atoms with van der Waals surface area (Å²) >= 11 is 0. The average molecular weight is 403 g/mol. The lowest BCUT2D eigenvalue weighted by Gasteiger charge is -2.26. The molecule has 0 bridgehead atoms. The molecule has 0 saturated heterocycles. The van der Waals surface area contributed by atoms with Crippen molar-refractivity contribution in [3.8, 4) is 0 Å². The fourth-order valence-corrected chi connectivity index (χ4v) is 3.59.